The molecular formula is C27H40N2. The summed E-state index contributed by atoms with van der Waals surface area (Å²) in [6, 6.07) is 17.9. The largest absolute Gasteiger partial charge is 0.372 e. The van der Waals surface area contributed by atoms with E-state index in [2.05, 4.69) is 98.2 Å². The summed E-state index contributed by atoms with van der Waals surface area (Å²) in [5.41, 5.74) is 5.17. The molecule has 158 valence electrons. The third-order valence-corrected chi connectivity index (χ3v) is 5.42. The Hall–Kier alpha value is -2.22. The zero-order valence-corrected chi connectivity index (χ0v) is 19.0. The standard InChI is InChI=1S/C27H40N2/c1-5-9-22-29(23-10-6-2)27-19-15-25(16-20-27)12-11-24-13-17-26(18-14-24)28(8-4)21-7-3/h11-20H,5-10,21-23H2,1-4H3/b12-11+. The number of hydrogen-bond donors (Lipinski definition) is 0. The van der Waals surface area contributed by atoms with Crippen molar-refractivity contribution in [2.45, 2.75) is 59.8 Å². The van der Waals surface area contributed by atoms with Gasteiger partial charge in [0.2, 0.25) is 0 Å². The number of benzene rings is 2. The van der Waals surface area contributed by atoms with E-state index in [1.165, 1.54) is 54.6 Å². The summed E-state index contributed by atoms with van der Waals surface area (Å²) < 4.78 is 0. The lowest BCUT2D eigenvalue weighted by atomic mass is 10.1. The lowest BCUT2D eigenvalue weighted by Crippen LogP contribution is -2.25. The van der Waals surface area contributed by atoms with Crippen LogP contribution in [0.2, 0.25) is 0 Å². The second-order valence-electron chi connectivity index (χ2n) is 7.79. The van der Waals surface area contributed by atoms with Gasteiger partial charge in [0.15, 0.2) is 0 Å². The lowest BCUT2D eigenvalue weighted by Gasteiger charge is -2.24. The van der Waals surface area contributed by atoms with Gasteiger partial charge in [0.05, 0.1) is 0 Å². The van der Waals surface area contributed by atoms with Gasteiger partial charge in [0.1, 0.15) is 0 Å². The van der Waals surface area contributed by atoms with Crippen molar-refractivity contribution in [3.8, 4) is 0 Å². The van der Waals surface area contributed by atoms with E-state index in [0.29, 0.717) is 0 Å². The van der Waals surface area contributed by atoms with Crippen LogP contribution in [0, 0.1) is 0 Å². The van der Waals surface area contributed by atoms with E-state index in [1.54, 1.807) is 0 Å². The van der Waals surface area contributed by atoms with Crippen LogP contribution in [0.3, 0.4) is 0 Å². The minimum Gasteiger partial charge on any atom is -0.372 e. The fraction of sp³-hybridized carbons (Fsp3) is 0.481. The molecule has 29 heavy (non-hydrogen) atoms. The van der Waals surface area contributed by atoms with E-state index in [0.717, 1.165) is 26.2 Å². The molecule has 0 radical (unpaired) electrons. The highest BCUT2D eigenvalue weighted by Crippen LogP contribution is 2.20. The molecule has 0 aliphatic rings. The van der Waals surface area contributed by atoms with Crippen molar-refractivity contribution < 1.29 is 0 Å². The second-order valence-corrected chi connectivity index (χ2v) is 7.79. The van der Waals surface area contributed by atoms with E-state index in [9.17, 15) is 0 Å². The summed E-state index contributed by atoms with van der Waals surface area (Å²) >= 11 is 0. The molecule has 0 aliphatic carbocycles. The molecule has 0 bridgehead atoms. The predicted octanol–water partition coefficient (Wildman–Crippen LogP) is 7.50. The van der Waals surface area contributed by atoms with E-state index in [1.807, 2.05) is 0 Å². The van der Waals surface area contributed by atoms with Crippen LogP contribution in [0.4, 0.5) is 11.4 Å². The molecular weight excluding hydrogens is 352 g/mol. The molecule has 0 unspecified atom stereocenters. The topological polar surface area (TPSA) is 6.48 Å². The summed E-state index contributed by atoms with van der Waals surface area (Å²) in [4.78, 5) is 4.96. The van der Waals surface area contributed by atoms with Crippen molar-refractivity contribution in [2.75, 3.05) is 36.0 Å². The Morgan fingerprint density at radius 2 is 1.00 bits per heavy atom. The molecule has 0 atom stereocenters. The molecule has 2 aromatic carbocycles. The molecule has 0 fully saturated rings. The first-order valence-corrected chi connectivity index (χ1v) is 11.6. The first kappa shape index (κ1) is 23.1. The van der Waals surface area contributed by atoms with Gasteiger partial charge >= 0.3 is 0 Å². The van der Waals surface area contributed by atoms with Crippen LogP contribution in [0.1, 0.15) is 70.9 Å². The fourth-order valence-electron chi connectivity index (χ4n) is 3.59. The SMILES string of the molecule is CCCCN(CCCC)c1ccc(/C=C/c2ccc(N(CC)CCC)cc2)cc1. The Balaban J connectivity index is 2.01. The normalized spacial score (nSPS) is 11.2. The van der Waals surface area contributed by atoms with E-state index in [-0.39, 0.29) is 0 Å². The fourth-order valence-corrected chi connectivity index (χ4v) is 3.59. The maximum Gasteiger partial charge on any atom is 0.0366 e. The predicted molar refractivity (Wildman–Crippen MR) is 132 cm³/mol. The van der Waals surface area contributed by atoms with Crippen molar-refractivity contribution in [2.24, 2.45) is 0 Å². The van der Waals surface area contributed by atoms with Crippen molar-refractivity contribution in [1.29, 1.82) is 0 Å². The number of hydrogen-bond acceptors (Lipinski definition) is 2. The first-order valence-electron chi connectivity index (χ1n) is 11.6. The Morgan fingerprint density at radius 1 is 0.552 bits per heavy atom. The summed E-state index contributed by atoms with van der Waals surface area (Å²) in [7, 11) is 0. The average molecular weight is 393 g/mol. The molecule has 2 aromatic rings. The van der Waals surface area contributed by atoms with Gasteiger partial charge in [-0.3, -0.25) is 0 Å². The quantitative estimate of drug-likeness (QED) is 0.326. The minimum atomic E-state index is 1.06. The molecule has 0 amide bonds. The van der Waals surface area contributed by atoms with Crippen molar-refractivity contribution in [1.82, 2.24) is 0 Å². The highest BCUT2D eigenvalue weighted by Gasteiger charge is 2.05. The molecule has 0 saturated carbocycles. The second kappa shape index (κ2) is 13.1. The molecule has 0 aliphatic heterocycles. The van der Waals surface area contributed by atoms with Gasteiger partial charge in [-0.25, -0.2) is 0 Å². The Labute approximate surface area is 179 Å². The van der Waals surface area contributed by atoms with Gasteiger partial charge in [-0.05, 0) is 61.6 Å². The maximum atomic E-state index is 2.54. The van der Waals surface area contributed by atoms with E-state index < -0.39 is 0 Å². The molecule has 0 N–H and O–H groups in total. The van der Waals surface area contributed by atoms with Crippen LogP contribution >= 0.6 is 0 Å². The molecule has 2 nitrogen and oxygen atoms in total. The Bertz CT molecular complexity index is 692. The Kier molecular flexibility index (Phi) is 10.4. The highest BCUT2D eigenvalue weighted by atomic mass is 15.1. The first-order chi connectivity index (χ1) is 14.2. The van der Waals surface area contributed by atoms with Gasteiger partial charge in [0, 0.05) is 37.6 Å². The molecule has 2 rings (SSSR count). The van der Waals surface area contributed by atoms with Crippen LogP contribution < -0.4 is 9.80 Å². The zero-order valence-electron chi connectivity index (χ0n) is 19.0. The monoisotopic (exact) mass is 392 g/mol. The van der Waals surface area contributed by atoms with Crippen LogP contribution in [-0.4, -0.2) is 26.2 Å². The van der Waals surface area contributed by atoms with Crippen LogP contribution in [0.15, 0.2) is 48.5 Å². The van der Waals surface area contributed by atoms with Crippen molar-refractivity contribution >= 4 is 23.5 Å². The van der Waals surface area contributed by atoms with Crippen molar-refractivity contribution in [3.05, 3.63) is 59.7 Å². The Morgan fingerprint density at radius 3 is 1.38 bits per heavy atom. The zero-order chi connectivity index (χ0) is 20.9. The van der Waals surface area contributed by atoms with Gasteiger partial charge in [-0.2, -0.15) is 0 Å². The van der Waals surface area contributed by atoms with E-state index in [4.69, 9.17) is 0 Å². The summed E-state index contributed by atoms with van der Waals surface area (Å²) in [6.45, 7) is 13.5. The third-order valence-electron chi connectivity index (χ3n) is 5.42. The van der Waals surface area contributed by atoms with Crippen LogP contribution in [0.5, 0.6) is 0 Å². The smallest absolute Gasteiger partial charge is 0.0366 e. The van der Waals surface area contributed by atoms with Gasteiger partial charge in [-0.1, -0.05) is 70.0 Å². The molecule has 0 heterocycles. The summed E-state index contributed by atoms with van der Waals surface area (Å²) in [5, 5.41) is 0. The summed E-state index contributed by atoms with van der Waals surface area (Å²) in [5.74, 6) is 0. The van der Waals surface area contributed by atoms with Gasteiger partial charge < -0.3 is 9.80 Å². The number of nitrogens with zero attached hydrogens (tertiary/aromatic N) is 2. The van der Waals surface area contributed by atoms with Gasteiger partial charge in [-0.15, -0.1) is 0 Å². The van der Waals surface area contributed by atoms with Gasteiger partial charge in [0.25, 0.3) is 0 Å². The summed E-state index contributed by atoms with van der Waals surface area (Å²) in [6.07, 6.45) is 10.6. The minimum absolute atomic E-state index is 1.06. The van der Waals surface area contributed by atoms with Crippen LogP contribution in [-0.2, 0) is 0 Å². The number of unbranched alkanes of at least 4 members (excludes halogenated alkanes) is 2. The average Bonchev–Trinajstić information content (AvgIpc) is 2.77. The molecule has 0 saturated heterocycles. The molecule has 0 spiro atoms. The number of rotatable bonds is 13. The lowest BCUT2D eigenvalue weighted by molar-refractivity contribution is 0.678. The van der Waals surface area contributed by atoms with E-state index >= 15 is 0 Å². The number of anilines is 2. The maximum absolute atomic E-state index is 2.54. The molecule has 2 heteroatoms. The molecule has 0 aromatic heterocycles. The highest BCUT2D eigenvalue weighted by molar-refractivity contribution is 5.71. The van der Waals surface area contributed by atoms with Crippen LogP contribution in [0.25, 0.3) is 12.2 Å². The van der Waals surface area contributed by atoms with Crippen molar-refractivity contribution in [3.63, 3.8) is 0 Å². The third kappa shape index (κ3) is 7.61.